The summed E-state index contributed by atoms with van der Waals surface area (Å²) in [4.78, 5) is 25.6. The highest BCUT2D eigenvalue weighted by atomic mass is 35.5. The Morgan fingerprint density at radius 3 is 2.71 bits per heavy atom. The van der Waals surface area contributed by atoms with E-state index in [1.54, 1.807) is 43.0 Å². The molecule has 1 aromatic carbocycles. The predicted octanol–water partition coefficient (Wildman–Crippen LogP) is 3.30. The molecule has 21 heavy (non-hydrogen) atoms. The third kappa shape index (κ3) is 3.38. The first-order valence-corrected chi connectivity index (χ1v) is 7.48. The van der Waals surface area contributed by atoms with Crippen LogP contribution in [0.15, 0.2) is 24.3 Å². The van der Waals surface area contributed by atoms with Gasteiger partial charge in [0.1, 0.15) is 0 Å². The van der Waals surface area contributed by atoms with Crippen molar-refractivity contribution in [3.05, 3.63) is 34.9 Å². The van der Waals surface area contributed by atoms with Crippen molar-refractivity contribution in [3.8, 4) is 0 Å². The van der Waals surface area contributed by atoms with Gasteiger partial charge in [0, 0.05) is 23.7 Å². The van der Waals surface area contributed by atoms with Gasteiger partial charge in [-0.05, 0) is 50.8 Å². The molecule has 1 amide bonds. The summed E-state index contributed by atoms with van der Waals surface area (Å²) in [5, 5.41) is 9.88. The van der Waals surface area contributed by atoms with E-state index in [0.717, 1.165) is 12.8 Å². The molecule has 0 aliphatic carbocycles. The summed E-state index contributed by atoms with van der Waals surface area (Å²) in [5.74, 6) is -0.931. The smallest absolute Gasteiger partial charge is 0.309 e. The molecule has 1 unspecified atom stereocenters. The number of carboxylic acid groups (broad SMARTS) is 1. The summed E-state index contributed by atoms with van der Waals surface area (Å²) in [5.41, 5.74) is -0.274. The van der Waals surface area contributed by atoms with Crippen molar-refractivity contribution in [3.63, 3.8) is 0 Å². The van der Waals surface area contributed by atoms with Crippen molar-refractivity contribution in [2.75, 3.05) is 13.1 Å². The summed E-state index contributed by atoms with van der Waals surface area (Å²) in [6.07, 6.45) is 1.66. The van der Waals surface area contributed by atoms with Crippen molar-refractivity contribution >= 4 is 23.5 Å². The van der Waals surface area contributed by atoms with Gasteiger partial charge in [0.25, 0.3) is 5.91 Å². The lowest BCUT2D eigenvalue weighted by Gasteiger charge is -2.39. The summed E-state index contributed by atoms with van der Waals surface area (Å²) in [6, 6.07) is 6.86. The van der Waals surface area contributed by atoms with E-state index < -0.39 is 11.4 Å². The molecule has 1 heterocycles. The molecule has 2 rings (SSSR count). The van der Waals surface area contributed by atoms with E-state index in [2.05, 4.69) is 0 Å². The fourth-order valence-electron chi connectivity index (χ4n) is 2.73. The summed E-state index contributed by atoms with van der Waals surface area (Å²) in [6.45, 7) is 4.60. The second kappa shape index (κ2) is 6.06. The van der Waals surface area contributed by atoms with Gasteiger partial charge in [0.2, 0.25) is 0 Å². The Balaban J connectivity index is 2.14. The quantitative estimate of drug-likeness (QED) is 0.932. The Morgan fingerprint density at radius 2 is 2.10 bits per heavy atom. The third-order valence-corrected chi connectivity index (χ3v) is 4.59. The van der Waals surface area contributed by atoms with Gasteiger partial charge < -0.3 is 10.0 Å². The Kier molecular flexibility index (Phi) is 4.57. The number of carboxylic acids is 1. The topological polar surface area (TPSA) is 57.6 Å². The van der Waals surface area contributed by atoms with Gasteiger partial charge in [-0.1, -0.05) is 17.7 Å². The Hall–Kier alpha value is -1.55. The number of aliphatic carboxylic acids is 1. The molecule has 5 heteroatoms. The number of hydrogen-bond donors (Lipinski definition) is 1. The molecule has 0 spiro atoms. The van der Waals surface area contributed by atoms with Gasteiger partial charge in [0.05, 0.1) is 5.41 Å². The monoisotopic (exact) mass is 309 g/mol. The number of piperidine rings is 1. The van der Waals surface area contributed by atoms with E-state index in [1.807, 2.05) is 0 Å². The first kappa shape index (κ1) is 15.8. The lowest BCUT2D eigenvalue weighted by atomic mass is 9.74. The fraction of sp³-hybridized carbons (Fsp3) is 0.500. The van der Waals surface area contributed by atoms with Crippen LogP contribution in [0.3, 0.4) is 0 Å². The van der Waals surface area contributed by atoms with Crippen LogP contribution in [0.4, 0.5) is 0 Å². The lowest BCUT2D eigenvalue weighted by molar-refractivity contribution is -0.151. The van der Waals surface area contributed by atoms with Gasteiger partial charge in [-0.15, -0.1) is 0 Å². The van der Waals surface area contributed by atoms with Gasteiger partial charge in [0.15, 0.2) is 0 Å². The number of carbonyl (C=O) groups excluding carboxylic acids is 1. The van der Waals surface area contributed by atoms with Crippen LogP contribution in [0.1, 0.15) is 37.0 Å². The molecule has 1 aromatic rings. The molecular weight excluding hydrogens is 290 g/mol. The molecular formula is C16H20ClNO3. The van der Waals surface area contributed by atoms with Crippen LogP contribution in [0, 0.1) is 11.3 Å². The summed E-state index contributed by atoms with van der Waals surface area (Å²) < 4.78 is 0. The van der Waals surface area contributed by atoms with E-state index in [-0.39, 0.29) is 11.8 Å². The minimum absolute atomic E-state index is 0.0353. The van der Waals surface area contributed by atoms with Crippen LogP contribution in [-0.2, 0) is 4.79 Å². The molecule has 0 aromatic heterocycles. The summed E-state index contributed by atoms with van der Waals surface area (Å²) in [7, 11) is 0. The fourth-order valence-corrected chi connectivity index (χ4v) is 2.92. The van der Waals surface area contributed by atoms with E-state index in [1.165, 1.54) is 0 Å². The zero-order valence-corrected chi connectivity index (χ0v) is 13.1. The number of carbonyl (C=O) groups is 2. The number of halogens is 1. The molecule has 1 fully saturated rings. The number of likely N-dealkylation sites (tertiary alicyclic amines) is 1. The first-order valence-electron chi connectivity index (χ1n) is 7.10. The third-order valence-electron chi connectivity index (χ3n) is 4.35. The molecule has 0 saturated carbocycles. The summed E-state index contributed by atoms with van der Waals surface area (Å²) >= 11 is 5.92. The normalized spacial score (nSPS) is 19.4. The maximum Gasteiger partial charge on any atom is 0.309 e. The Bertz CT molecular complexity index is 556. The molecule has 0 bridgehead atoms. The molecule has 1 saturated heterocycles. The van der Waals surface area contributed by atoms with Crippen LogP contribution in [-0.4, -0.2) is 35.0 Å². The largest absolute Gasteiger partial charge is 0.481 e. The molecule has 1 aliphatic rings. The van der Waals surface area contributed by atoms with Gasteiger partial charge >= 0.3 is 5.97 Å². The molecule has 0 radical (unpaired) electrons. The minimum Gasteiger partial charge on any atom is -0.481 e. The molecule has 114 valence electrons. The van der Waals surface area contributed by atoms with Gasteiger partial charge in [-0.2, -0.15) is 0 Å². The van der Waals surface area contributed by atoms with Gasteiger partial charge in [-0.3, -0.25) is 9.59 Å². The zero-order chi connectivity index (χ0) is 15.6. The van der Waals surface area contributed by atoms with E-state index in [9.17, 15) is 14.7 Å². The SMILES string of the molecule is CC(C)(C(=O)O)C1CCCN(C(=O)c2cccc(Cl)c2)C1. The van der Waals surface area contributed by atoms with E-state index in [0.29, 0.717) is 23.7 Å². The standard InChI is InChI=1S/C16H20ClNO3/c1-16(2,15(20)21)12-6-4-8-18(10-12)14(19)11-5-3-7-13(17)9-11/h3,5,7,9,12H,4,6,8,10H2,1-2H3,(H,20,21). The molecule has 1 atom stereocenters. The average molecular weight is 310 g/mol. The highest BCUT2D eigenvalue weighted by Gasteiger charge is 2.40. The highest BCUT2D eigenvalue weighted by molar-refractivity contribution is 6.30. The average Bonchev–Trinajstić information content (AvgIpc) is 2.46. The lowest BCUT2D eigenvalue weighted by Crippen LogP contribution is -2.46. The Morgan fingerprint density at radius 1 is 1.38 bits per heavy atom. The van der Waals surface area contributed by atoms with Crippen molar-refractivity contribution in [2.45, 2.75) is 26.7 Å². The maximum atomic E-state index is 12.5. The van der Waals surface area contributed by atoms with Crippen LogP contribution < -0.4 is 0 Å². The number of benzene rings is 1. The minimum atomic E-state index is -0.826. The second-order valence-corrected chi connectivity index (χ2v) is 6.56. The second-order valence-electron chi connectivity index (χ2n) is 6.13. The van der Waals surface area contributed by atoms with Crippen molar-refractivity contribution in [1.82, 2.24) is 4.90 Å². The number of nitrogens with zero attached hydrogens (tertiary/aromatic N) is 1. The van der Waals surface area contributed by atoms with E-state index in [4.69, 9.17) is 11.6 Å². The Labute approximate surface area is 129 Å². The molecule has 4 nitrogen and oxygen atoms in total. The highest BCUT2D eigenvalue weighted by Crippen LogP contribution is 2.34. The van der Waals surface area contributed by atoms with Crippen molar-refractivity contribution in [1.29, 1.82) is 0 Å². The number of amides is 1. The van der Waals surface area contributed by atoms with Crippen molar-refractivity contribution < 1.29 is 14.7 Å². The molecule has 1 N–H and O–H groups in total. The van der Waals surface area contributed by atoms with Crippen molar-refractivity contribution in [2.24, 2.45) is 11.3 Å². The van der Waals surface area contributed by atoms with Gasteiger partial charge in [-0.25, -0.2) is 0 Å². The first-order chi connectivity index (χ1) is 9.82. The zero-order valence-electron chi connectivity index (χ0n) is 12.3. The van der Waals surface area contributed by atoms with E-state index >= 15 is 0 Å². The van der Waals surface area contributed by atoms with Crippen LogP contribution in [0.2, 0.25) is 5.02 Å². The number of hydrogen-bond acceptors (Lipinski definition) is 2. The van der Waals surface area contributed by atoms with Crippen LogP contribution in [0.5, 0.6) is 0 Å². The maximum absolute atomic E-state index is 12.5. The molecule has 1 aliphatic heterocycles. The van der Waals surface area contributed by atoms with Crippen LogP contribution in [0.25, 0.3) is 0 Å². The number of rotatable bonds is 3. The predicted molar refractivity (Wildman–Crippen MR) is 81.5 cm³/mol. The van der Waals surface area contributed by atoms with Crippen LogP contribution >= 0.6 is 11.6 Å².